The van der Waals surface area contributed by atoms with Crippen molar-refractivity contribution in [3.63, 3.8) is 0 Å². The van der Waals surface area contributed by atoms with Gasteiger partial charge in [0.05, 0.1) is 0 Å². The predicted molar refractivity (Wildman–Crippen MR) is 70.6 cm³/mol. The summed E-state index contributed by atoms with van der Waals surface area (Å²) < 4.78 is 0. The van der Waals surface area contributed by atoms with Gasteiger partial charge in [0.1, 0.15) is 0 Å². The van der Waals surface area contributed by atoms with Crippen LogP contribution in [0.3, 0.4) is 0 Å². The summed E-state index contributed by atoms with van der Waals surface area (Å²) in [7, 11) is 0. The van der Waals surface area contributed by atoms with Crippen LogP contribution in [0.1, 0.15) is 0 Å². The molecule has 0 radical (unpaired) electrons. The molecule has 0 N–H and O–H groups in total. The molecule has 0 atom stereocenters. The van der Waals surface area contributed by atoms with E-state index in [9.17, 15) is 0 Å². The van der Waals surface area contributed by atoms with Gasteiger partial charge >= 0.3 is 0 Å². The Labute approximate surface area is 120 Å². The Balaban J connectivity index is -0.000000138. The van der Waals surface area contributed by atoms with Crippen LogP contribution in [0, 0.1) is 0 Å². The van der Waals surface area contributed by atoms with Crippen LogP contribution in [0.4, 0.5) is 0 Å². The molecule has 0 amide bonds. The Morgan fingerprint density at radius 2 is 0.933 bits per heavy atom. The van der Waals surface area contributed by atoms with Crippen molar-refractivity contribution in [1.29, 1.82) is 0 Å². The van der Waals surface area contributed by atoms with Gasteiger partial charge in [-0.25, -0.2) is 12.1 Å². The van der Waals surface area contributed by atoms with Crippen LogP contribution in [0.25, 0.3) is 0 Å². The van der Waals surface area contributed by atoms with Gasteiger partial charge in [0, 0.05) is 21.7 Å². The summed E-state index contributed by atoms with van der Waals surface area (Å²) in [6.07, 6.45) is 3.17. The average Bonchev–Trinajstić information content (AvgIpc) is 3.01. The normalized spacial score (nSPS) is 6.13. The molecule has 0 nitrogen and oxygen atoms in total. The molecule has 0 aliphatic carbocycles. The molecule has 2 aromatic rings. The van der Waals surface area contributed by atoms with E-state index in [1.165, 1.54) is 0 Å². The third kappa shape index (κ3) is 20.2. The Kier molecular flexibility index (Phi) is 32.5. The van der Waals surface area contributed by atoms with Crippen LogP contribution in [-0.4, -0.2) is 12.5 Å². The van der Waals surface area contributed by atoms with Crippen molar-refractivity contribution in [2.45, 2.75) is 0 Å². The van der Waals surface area contributed by atoms with Gasteiger partial charge in [-0.15, -0.1) is 0 Å². The summed E-state index contributed by atoms with van der Waals surface area (Å²) in [5.41, 5.74) is 0. The predicted octanol–water partition coefficient (Wildman–Crippen LogP) is 3.13. The van der Waals surface area contributed by atoms with E-state index in [-0.39, 0.29) is 21.7 Å². The number of hydrogen-bond acceptors (Lipinski definition) is 2. The molecule has 0 saturated carbocycles. The van der Waals surface area contributed by atoms with E-state index in [1.54, 1.807) is 12.5 Å². The van der Waals surface area contributed by atoms with Gasteiger partial charge in [0.15, 0.2) is 0 Å². The first-order chi connectivity index (χ1) is 7.00. The van der Waals surface area contributed by atoms with E-state index < -0.39 is 0 Å². The van der Waals surface area contributed by atoms with Crippen LogP contribution in [0.15, 0.2) is 60.7 Å². The van der Waals surface area contributed by atoms with Crippen LogP contribution in [0.2, 0.25) is 0 Å². The van der Waals surface area contributed by atoms with E-state index in [4.69, 9.17) is 0 Å². The Bertz CT molecular complexity index is 153. The van der Waals surface area contributed by atoms with Gasteiger partial charge < -0.3 is 55.6 Å². The fourth-order valence-electron chi connectivity index (χ4n) is 0.642. The van der Waals surface area contributed by atoms with E-state index in [0.29, 0.717) is 0 Å². The van der Waals surface area contributed by atoms with Gasteiger partial charge in [0.2, 0.25) is 0 Å². The zero-order valence-corrected chi connectivity index (χ0v) is 12.3. The second kappa shape index (κ2) is 23.7. The van der Waals surface area contributed by atoms with E-state index in [1.807, 2.05) is 60.7 Å². The quantitative estimate of drug-likeness (QED) is 0.410. The van der Waals surface area contributed by atoms with E-state index in [2.05, 4.69) is 25.3 Å². The molecule has 15 heavy (non-hydrogen) atoms. The minimum Gasteiger partial charge on any atom is -0.796 e. The fourth-order valence-corrected chi connectivity index (χ4v) is 0.642. The summed E-state index contributed by atoms with van der Waals surface area (Å²) in [6, 6.07) is 20.0. The van der Waals surface area contributed by atoms with Crippen molar-refractivity contribution in [2.24, 2.45) is 0 Å². The zero-order chi connectivity index (χ0) is 11.1. The standard InChI is InChI=1S/2C5H5.2CH4S.Ti/c2*1-2-4-5-3-1;2*1-2;/h2*1-5H;2*2H,1H3;/q-5;-1;;;/p-2. The van der Waals surface area contributed by atoms with Gasteiger partial charge in [-0.1, -0.05) is 0 Å². The minimum atomic E-state index is 0. The van der Waals surface area contributed by atoms with Crippen molar-refractivity contribution in [3.05, 3.63) is 60.7 Å². The van der Waals surface area contributed by atoms with Crippen molar-refractivity contribution < 1.29 is 21.7 Å². The molecule has 88 valence electrons. The summed E-state index contributed by atoms with van der Waals surface area (Å²) in [6.45, 7) is 0. The Morgan fingerprint density at radius 3 is 1.07 bits per heavy atom. The molecule has 3 heteroatoms. The molecular weight excluding hydrogens is 256 g/mol. The first kappa shape index (κ1) is 20.5. The van der Waals surface area contributed by atoms with E-state index in [0.717, 1.165) is 0 Å². The van der Waals surface area contributed by atoms with Gasteiger partial charge in [-0.05, 0) is 0 Å². The van der Waals surface area contributed by atoms with Crippen LogP contribution in [-0.2, 0) is 47.0 Å². The monoisotopic (exact) mass is 272 g/mol. The summed E-state index contributed by atoms with van der Waals surface area (Å²) in [5, 5.41) is 0. The van der Waals surface area contributed by atoms with Crippen molar-refractivity contribution >= 4 is 25.3 Å². The molecule has 2 rings (SSSR count). The molecule has 0 aliphatic rings. The number of rotatable bonds is 0. The van der Waals surface area contributed by atoms with Crippen molar-refractivity contribution in [3.8, 4) is 0 Å². The molecule has 0 aliphatic heterocycles. The molecule has 0 unspecified atom stereocenters. The molecule has 0 bridgehead atoms. The first-order valence-electron chi connectivity index (χ1n) is 4.15. The fraction of sp³-hybridized carbons (Fsp3) is 0.167. The summed E-state index contributed by atoms with van der Waals surface area (Å²) in [4.78, 5) is 0. The largest absolute Gasteiger partial charge is 0.796 e. The maximum Gasteiger partial charge on any atom is 0 e. The second-order valence-electron chi connectivity index (χ2n) is 1.92. The summed E-state index contributed by atoms with van der Waals surface area (Å²) in [5.74, 6) is 0. The minimum absolute atomic E-state index is 0. The molecule has 0 heterocycles. The van der Waals surface area contributed by atoms with Gasteiger partial charge in [-0.2, -0.15) is 30.7 Å². The summed E-state index contributed by atoms with van der Waals surface area (Å²) >= 11 is 8.17. The van der Waals surface area contributed by atoms with Crippen molar-refractivity contribution in [2.75, 3.05) is 12.5 Å². The smallest absolute Gasteiger partial charge is 0 e. The van der Waals surface area contributed by atoms with Crippen LogP contribution >= 0.6 is 0 Å². The molecule has 2 aromatic carbocycles. The second-order valence-corrected chi connectivity index (χ2v) is 1.92. The first-order valence-corrected chi connectivity index (χ1v) is 5.78. The number of hydrogen-bond donors (Lipinski definition) is 0. The maximum atomic E-state index is 4.08. The van der Waals surface area contributed by atoms with Gasteiger partial charge in [-0.3, -0.25) is 0 Å². The maximum absolute atomic E-state index is 4.08. The third-order valence-corrected chi connectivity index (χ3v) is 1.11. The van der Waals surface area contributed by atoms with Gasteiger partial charge in [0.25, 0.3) is 0 Å². The Morgan fingerprint density at radius 1 is 0.667 bits per heavy atom. The van der Waals surface area contributed by atoms with Crippen LogP contribution < -0.4 is 0 Å². The average molecular weight is 272 g/mol. The third-order valence-electron chi connectivity index (χ3n) is 1.11. The van der Waals surface area contributed by atoms with Crippen molar-refractivity contribution in [1.82, 2.24) is 0 Å². The van der Waals surface area contributed by atoms with Crippen LogP contribution in [0.5, 0.6) is 0 Å². The topological polar surface area (TPSA) is 0 Å². The molecular formula is C12H16S2Ti-8. The molecule has 0 aromatic heterocycles. The SMILES string of the molecule is C[S-].C[S-].[Ti].[cH-]1[cH-][cH-][cH-][cH-]1.c1cc[cH-]c1. The molecule has 0 fully saturated rings. The molecule has 0 spiro atoms. The molecule has 0 saturated heterocycles. The Hall–Kier alpha value is 0.114. The van der Waals surface area contributed by atoms with E-state index >= 15 is 0 Å². The zero-order valence-electron chi connectivity index (χ0n) is 9.09.